The van der Waals surface area contributed by atoms with E-state index in [1.54, 1.807) is 13.8 Å². The van der Waals surface area contributed by atoms with Crippen molar-refractivity contribution in [2.75, 3.05) is 13.2 Å². The zero-order valence-electron chi connectivity index (χ0n) is 20.1. The maximum atomic E-state index is 13.4. The van der Waals surface area contributed by atoms with Gasteiger partial charge in [0.2, 0.25) is 5.50 Å². The van der Waals surface area contributed by atoms with Crippen molar-refractivity contribution < 1.29 is 28.3 Å². The Kier molecular flexibility index (Phi) is 10.8. The van der Waals surface area contributed by atoms with Crippen LogP contribution >= 0.6 is 7.60 Å². The third-order valence-corrected chi connectivity index (χ3v) is 12.8. The number of aliphatic hydroxyl groups excluding tert-OH is 1. The number of ether oxygens (including phenoxy) is 1. The Morgan fingerprint density at radius 3 is 1.79 bits per heavy atom. The molecule has 1 atom stereocenters. The molecule has 0 rings (SSSR count). The van der Waals surface area contributed by atoms with Crippen molar-refractivity contribution in [3.8, 4) is 0 Å². The van der Waals surface area contributed by atoms with Gasteiger partial charge in [-0.15, -0.1) is 0 Å². The summed E-state index contributed by atoms with van der Waals surface area (Å²) in [5, 5.41) is 10.9. The monoisotopic (exact) mass is 451 g/mol. The lowest BCUT2D eigenvalue weighted by Gasteiger charge is -2.39. The van der Waals surface area contributed by atoms with E-state index in [9.17, 15) is 14.5 Å². The van der Waals surface area contributed by atoms with Crippen molar-refractivity contribution in [3.63, 3.8) is 0 Å². The van der Waals surface area contributed by atoms with Gasteiger partial charge in [-0.1, -0.05) is 33.9 Å². The van der Waals surface area contributed by atoms with E-state index in [-0.39, 0.29) is 35.8 Å². The Labute approximate surface area is 178 Å². The highest BCUT2D eigenvalue weighted by atomic mass is 31.2. The van der Waals surface area contributed by atoms with Crippen molar-refractivity contribution in [2.24, 2.45) is 0 Å². The third kappa shape index (κ3) is 7.51. The zero-order chi connectivity index (χ0) is 23.2. The molecule has 0 aliphatic rings. The number of hydrogen-bond acceptors (Lipinski definition) is 6. The Balaban J connectivity index is 6.29. The van der Waals surface area contributed by atoms with Crippen LogP contribution in [0.5, 0.6) is 0 Å². The Hall–Kier alpha value is -0.663. The van der Waals surface area contributed by atoms with E-state index in [4.69, 9.17) is 13.8 Å². The maximum Gasteiger partial charge on any atom is 0.415 e. The van der Waals surface area contributed by atoms with Gasteiger partial charge in [0.25, 0.3) is 0 Å². The molecule has 0 aliphatic carbocycles. The van der Waals surface area contributed by atoms with Gasteiger partial charge in [0.1, 0.15) is 0 Å². The Morgan fingerprint density at radius 1 is 1.07 bits per heavy atom. The van der Waals surface area contributed by atoms with Gasteiger partial charge >= 0.3 is 13.7 Å². The first-order valence-electron chi connectivity index (χ1n) is 10.3. The molecule has 0 fully saturated rings. The van der Waals surface area contributed by atoms with Crippen LogP contribution in [0.4, 0.5) is 4.79 Å². The van der Waals surface area contributed by atoms with E-state index in [0.717, 1.165) is 0 Å². The standard InChI is InChI=1S/C20H42NO6PSi/c1-12-25-28(24,26-13-2)18(14-17(22)29(10,11)20(7,8)9)27-19(23)21(15(3)4)16(5)6/h14-17,22H,12-13H2,1-11H3/b18-14-/t17-/m1/s1. The molecule has 1 amide bonds. The van der Waals surface area contributed by atoms with E-state index in [2.05, 4.69) is 20.8 Å². The first kappa shape index (κ1) is 28.3. The third-order valence-electron chi connectivity index (χ3n) is 5.36. The minimum Gasteiger partial charge on any atom is -0.402 e. The number of nitrogens with zero attached hydrogens (tertiary/aromatic N) is 1. The number of amides is 1. The van der Waals surface area contributed by atoms with E-state index >= 15 is 0 Å². The lowest BCUT2D eigenvalue weighted by molar-refractivity contribution is 0.0997. The molecule has 0 saturated heterocycles. The molecule has 1 N–H and O–H groups in total. The van der Waals surface area contributed by atoms with Crippen molar-refractivity contribution in [1.82, 2.24) is 4.90 Å². The van der Waals surface area contributed by atoms with Crippen LogP contribution in [0.15, 0.2) is 11.6 Å². The zero-order valence-corrected chi connectivity index (χ0v) is 22.0. The Morgan fingerprint density at radius 2 is 1.48 bits per heavy atom. The largest absolute Gasteiger partial charge is 0.415 e. The number of carbonyl (C=O) groups is 1. The van der Waals surface area contributed by atoms with Crippen LogP contribution in [-0.4, -0.2) is 55.2 Å². The molecule has 172 valence electrons. The quantitative estimate of drug-likeness (QED) is 0.258. The van der Waals surface area contributed by atoms with Gasteiger partial charge in [-0.05, 0) is 52.7 Å². The van der Waals surface area contributed by atoms with E-state index in [1.165, 1.54) is 11.0 Å². The predicted octanol–water partition coefficient (Wildman–Crippen LogP) is 5.76. The first-order valence-corrected chi connectivity index (χ1v) is 15.0. The summed E-state index contributed by atoms with van der Waals surface area (Å²) in [6.45, 7) is 21.3. The molecular weight excluding hydrogens is 409 g/mol. The molecule has 0 heterocycles. The fourth-order valence-electron chi connectivity index (χ4n) is 2.63. The summed E-state index contributed by atoms with van der Waals surface area (Å²) in [5.41, 5.74) is -1.15. The summed E-state index contributed by atoms with van der Waals surface area (Å²) in [6, 6.07) is -0.236. The summed E-state index contributed by atoms with van der Waals surface area (Å²) in [4.78, 5) is 14.4. The molecule has 0 radical (unpaired) electrons. The first-order chi connectivity index (χ1) is 13.0. The minimum absolute atomic E-state index is 0.112. The SMILES string of the molecule is CCOP(=O)(OCC)/C(=C\[C@H](O)[Si](C)(C)C(C)(C)C)OC(=O)N(C(C)C)C(C)C. The van der Waals surface area contributed by atoms with Crippen LogP contribution in [-0.2, 0) is 18.3 Å². The van der Waals surface area contributed by atoms with Crippen LogP contribution in [0.3, 0.4) is 0 Å². The van der Waals surface area contributed by atoms with Gasteiger partial charge in [-0.2, -0.15) is 0 Å². The molecule has 29 heavy (non-hydrogen) atoms. The van der Waals surface area contributed by atoms with Crippen LogP contribution in [0.2, 0.25) is 18.1 Å². The van der Waals surface area contributed by atoms with Crippen molar-refractivity contribution >= 4 is 21.8 Å². The second-order valence-electron chi connectivity index (χ2n) is 9.22. The van der Waals surface area contributed by atoms with Crippen LogP contribution < -0.4 is 0 Å². The average Bonchev–Trinajstić information content (AvgIpc) is 2.52. The normalized spacial score (nSPS) is 15.0. The van der Waals surface area contributed by atoms with E-state index < -0.39 is 27.5 Å². The fourth-order valence-corrected chi connectivity index (χ4v) is 5.75. The summed E-state index contributed by atoms with van der Waals surface area (Å²) in [7, 11) is -6.18. The van der Waals surface area contributed by atoms with Crippen LogP contribution in [0.1, 0.15) is 62.3 Å². The van der Waals surface area contributed by atoms with Crippen molar-refractivity contribution in [3.05, 3.63) is 11.6 Å². The van der Waals surface area contributed by atoms with Gasteiger partial charge in [0.05, 0.1) is 27.0 Å². The van der Waals surface area contributed by atoms with Crippen LogP contribution in [0.25, 0.3) is 0 Å². The smallest absolute Gasteiger partial charge is 0.402 e. The second-order valence-corrected chi connectivity index (χ2v) is 16.7. The molecule has 0 aromatic rings. The minimum atomic E-state index is -3.91. The molecular formula is C20H42NO6PSi. The predicted molar refractivity (Wildman–Crippen MR) is 121 cm³/mol. The fraction of sp³-hybridized carbons (Fsp3) is 0.850. The number of hydrogen-bond donors (Lipinski definition) is 1. The summed E-state index contributed by atoms with van der Waals surface area (Å²) < 4.78 is 29.8. The molecule has 0 aromatic carbocycles. The lowest BCUT2D eigenvalue weighted by atomic mass is 10.2. The summed E-state index contributed by atoms with van der Waals surface area (Å²) in [5.74, 6) is 0. The lowest BCUT2D eigenvalue weighted by Crippen LogP contribution is -2.48. The maximum absolute atomic E-state index is 13.4. The van der Waals surface area contributed by atoms with E-state index in [0.29, 0.717) is 0 Å². The molecule has 0 saturated carbocycles. The highest BCUT2D eigenvalue weighted by Crippen LogP contribution is 2.57. The second kappa shape index (κ2) is 11.1. The molecule has 9 heteroatoms. The topological polar surface area (TPSA) is 85.3 Å². The molecule has 0 bridgehead atoms. The molecule has 0 spiro atoms. The number of rotatable bonds is 10. The number of aliphatic hydroxyl groups is 1. The summed E-state index contributed by atoms with van der Waals surface area (Å²) >= 11 is 0. The molecule has 7 nitrogen and oxygen atoms in total. The molecule has 0 aliphatic heterocycles. The van der Waals surface area contributed by atoms with Gasteiger partial charge in [-0.3, -0.25) is 4.57 Å². The summed E-state index contributed by atoms with van der Waals surface area (Å²) in [6.07, 6.45) is 0.712. The highest BCUT2D eigenvalue weighted by Gasteiger charge is 2.43. The molecule has 0 aromatic heterocycles. The average molecular weight is 452 g/mol. The van der Waals surface area contributed by atoms with Crippen molar-refractivity contribution in [2.45, 2.75) is 98.3 Å². The van der Waals surface area contributed by atoms with Gasteiger partial charge in [-0.25, -0.2) is 4.79 Å². The van der Waals surface area contributed by atoms with Gasteiger partial charge < -0.3 is 23.8 Å². The van der Waals surface area contributed by atoms with E-state index in [1.807, 2.05) is 40.8 Å². The number of carbonyl (C=O) groups excluding carboxylic acids is 1. The highest BCUT2D eigenvalue weighted by molar-refractivity contribution is 7.58. The Bertz CT molecular complexity index is 595. The van der Waals surface area contributed by atoms with Gasteiger partial charge in [0.15, 0.2) is 0 Å². The van der Waals surface area contributed by atoms with Gasteiger partial charge in [0, 0.05) is 12.1 Å². The molecule has 0 unspecified atom stereocenters. The van der Waals surface area contributed by atoms with Crippen molar-refractivity contribution in [1.29, 1.82) is 0 Å². The van der Waals surface area contributed by atoms with Crippen LogP contribution in [0, 0.1) is 0 Å².